The van der Waals surface area contributed by atoms with Gasteiger partial charge in [-0.2, -0.15) is 0 Å². The van der Waals surface area contributed by atoms with Crippen LogP contribution < -0.4 is 5.32 Å². The Bertz CT molecular complexity index is 116. The molecule has 1 aliphatic rings. The van der Waals surface area contributed by atoms with Gasteiger partial charge in [-0.3, -0.25) is 0 Å². The lowest BCUT2D eigenvalue weighted by Crippen LogP contribution is -2.06. The van der Waals surface area contributed by atoms with Crippen LogP contribution in [0.25, 0.3) is 0 Å². The summed E-state index contributed by atoms with van der Waals surface area (Å²) in [5.41, 5.74) is 1.13. The SMILES string of the molecule is CCC1=C=NCN1. The standard InChI is InChI=1S/C5H8N2/c1-2-5-3-6-4-7-5/h7H,2,4H2,1H3. The van der Waals surface area contributed by atoms with E-state index in [0.29, 0.717) is 0 Å². The van der Waals surface area contributed by atoms with E-state index in [4.69, 9.17) is 0 Å². The van der Waals surface area contributed by atoms with Crippen molar-refractivity contribution in [2.24, 2.45) is 4.99 Å². The van der Waals surface area contributed by atoms with Crippen molar-refractivity contribution in [2.45, 2.75) is 13.3 Å². The summed E-state index contributed by atoms with van der Waals surface area (Å²) in [5.74, 6) is 2.84. The molecule has 1 heterocycles. The van der Waals surface area contributed by atoms with Crippen LogP contribution in [0.1, 0.15) is 13.3 Å². The summed E-state index contributed by atoms with van der Waals surface area (Å²) in [6, 6.07) is 0. The van der Waals surface area contributed by atoms with Gasteiger partial charge in [-0.1, -0.05) is 6.92 Å². The molecule has 2 nitrogen and oxygen atoms in total. The van der Waals surface area contributed by atoms with E-state index in [1.54, 1.807) is 0 Å². The molecular weight excluding hydrogens is 88.1 g/mol. The van der Waals surface area contributed by atoms with Crippen molar-refractivity contribution in [3.63, 3.8) is 0 Å². The molecule has 0 aromatic carbocycles. The molecule has 1 aliphatic heterocycles. The zero-order valence-corrected chi connectivity index (χ0v) is 4.36. The van der Waals surface area contributed by atoms with Crippen molar-refractivity contribution < 1.29 is 0 Å². The van der Waals surface area contributed by atoms with Crippen molar-refractivity contribution in [1.82, 2.24) is 5.32 Å². The molecule has 0 fully saturated rings. The van der Waals surface area contributed by atoms with Crippen molar-refractivity contribution in [3.8, 4) is 0 Å². The zero-order chi connectivity index (χ0) is 5.11. The molecule has 7 heavy (non-hydrogen) atoms. The average molecular weight is 96.1 g/mol. The first-order valence-electron chi connectivity index (χ1n) is 2.45. The topological polar surface area (TPSA) is 24.4 Å². The fourth-order valence-electron chi connectivity index (χ4n) is 0.514. The molecule has 1 rings (SSSR count). The number of aliphatic imine (C=N–C) groups is 1. The summed E-state index contributed by atoms with van der Waals surface area (Å²) in [4.78, 5) is 3.84. The maximum Gasteiger partial charge on any atom is 0.117 e. The van der Waals surface area contributed by atoms with E-state index in [9.17, 15) is 0 Å². The van der Waals surface area contributed by atoms with E-state index in [1.165, 1.54) is 0 Å². The second-order valence-electron chi connectivity index (χ2n) is 1.44. The number of nitrogens with one attached hydrogen (secondary N) is 1. The van der Waals surface area contributed by atoms with E-state index in [2.05, 4.69) is 23.1 Å². The van der Waals surface area contributed by atoms with Crippen LogP contribution in [0.2, 0.25) is 0 Å². The van der Waals surface area contributed by atoms with Gasteiger partial charge in [0.15, 0.2) is 0 Å². The van der Waals surface area contributed by atoms with Crippen LogP contribution in [0.15, 0.2) is 10.7 Å². The van der Waals surface area contributed by atoms with E-state index in [1.807, 2.05) is 0 Å². The second kappa shape index (κ2) is 1.80. The summed E-state index contributed by atoms with van der Waals surface area (Å²) in [6.07, 6.45) is 1.02. The van der Waals surface area contributed by atoms with Gasteiger partial charge in [-0.25, -0.2) is 4.99 Å². The van der Waals surface area contributed by atoms with Crippen LogP contribution >= 0.6 is 0 Å². The van der Waals surface area contributed by atoms with E-state index in [0.717, 1.165) is 18.8 Å². The molecular formula is C5H8N2. The van der Waals surface area contributed by atoms with Crippen LogP contribution in [0.4, 0.5) is 0 Å². The molecule has 0 atom stereocenters. The Morgan fingerprint density at radius 1 is 2.00 bits per heavy atom. The molecule has 0 amide bonds. The Morgan fingerprint density at radius 2 is 2.86 bits per heavy atom. The van der Waals surface area contributed by atoms with Gasteiger partial charge < -0.3 is 5.32 Å². The minimum absolute atomic E-state index is 0.725. The average Bonchev–Trinajstić information content (AvgIpc) is 2.14. The highest BCUT2D eigenvalue weighted by molar-refractivity contribution is 5.58. The van der Waals surface area contributed by atoms with Crippen LogP contribution in [0, 0.1) is 0 Å². The number of hydrogen-bond donors (Lipinski definition) is 1. The minimum Gasteiger partial charge on any atom is -0.361 e. The smallest absolute Gasteiger partial charge is 0.117 e. The van der Waals surface area contributed by atoms with Gasteiger partial charge in [0.2, 0.25) is 0 Å². The van der Waals surface area contributed by atoms with E-state index in [-0.39, 0.29) is 0 Å². The normalized spacial score (nSPS) is 16.4. The lowest BCUT2D eigenvalue weighted by molar-refractivity contribution is 0.831. The molecule has 0 aromatic heterocycles. The van der Waals surface area contributed by atoms with Crippen LogP contribution in [-0.2, 0) is 0 Å². The molecule has 0 spiro atoms. The molecule has 1 N–H and O–H groups in total. The first-order chi connectivity index (χ1) is 3.43. The molecule has 0 saturated carbocycles. The van der Waals surface area contributed by atoms with Gasteiger partial charge in [-0.15, -0.1) is 0 Å². The highest BCUT2D eigenvalue weighted by Gasteiger charge is 1.92. The Kier molecular flexibility index (Phi) is 1.14. The lowest BCUT2D eigenvalue weighted by atomic mass is 10.4. The van der Waals surface area contributed by atoms with Crippen molar-refractivity contribution >= 4 is 5.87 Å². The Balaban J connectivity index is 2.54. The van der Waals surface area contributed by atoms with Crippen molar-refractivity contribution in [1.29, 1.82) is 0 Å². The third-order valence-electron chi connectivity index (χ3n) is 0.939. The summed E-state index contributed by atoms with van der Waals surface area (Å²) in [7, 11) is 0. The van der Waals surface area contributed by atoms with Gasteiger partial charge in [-0.05, 0) is 6.42 Å². The Morgan fingerprint density at radius 3 is 3.14 bits per heavy atom. The van der Waals surface area contributed by atoms with E-state index < -0.39 is 0 Å². The fourth-order valence-corrected chi connectivity index (χ4v) is 0.514. The first kappa shape index (κ1) is 4.41. The Labute approximate surface area is 42.9 Å². The zero-order valence-electron chi connectivity index (χ0n) is 4.36. The molecule has 0 radical (unpaired) electrons. The van der Waals surface area contributed by atoms with Crippen LogP contribution in [0.5, 0.6) is 0 Å². The summed E-state index contributed by atoms with van der Waals surface area (Å²) < 4.78 is 0. The quantitative estimate of drug-likeness (QED) is 0.505. The monoisotopic (exact) mass is 96.1 g/mol. The molecule has 38 valence electrons. The van der Waals surface area contributed by atoms with Crippen LogP contribution in [0.3, 0.4) is 0 Å². The predicted octanol–water partition coefficient (Wildman–Crippen LogP) is 0.511. The molecule has 0 saturated heterocycles. The van der Waals surface area contributed by atoms with Gasteiger partial charge in [0.25, 0.3) is 0 Å². The molecule has 2 heteroatoms. The van der Waals surface area contributed by atoms with Crippen molar-refractivity contribution in [3.05, 3.63) is 5.70 Å². The van der Waals surface area contributed by atoms with Gasteiger partial charge in [0.1, 0.15) is 6.67 Å². The highest BCUT2D eigenvalue weighted by atomic mass is 15.0. The van der Waals surface area contributed by atoms with Gasteiger partial charge >= 0.3 is 0 Å². The van der Waals surface area contributed by atoms with Gasteiger partial charge in [0.05, 0.1) is 5.70 Å². The number of hydrogen-bond acceptors (Lipinski definition) is 2. The molecule has 0 unspecified atom stereocenters. The highest BCUT2D eigenvalue weighted by Crippen LogP contribution is 1.91. The molecule has 0 bridgehead atoms. The van der Waals surface area contributed by atoms with E-state index >= 15 is 0 Å². The van der Waals surface area contributed by atoms with Gasteiger partial charge in [0, 0.05) is 5.87 Å². The minimum atomic E-state index is 0.725. The summed E-state index contributed by atoms with van der Waals surface area (Å²) >= 11 is 0. The number of nitrogens with zero attached hydrogens (tertiary/aromatic N) is 1. The number of allylic oxidation sites excluding steroid dienone is 1. The third kappa shape index (κ3) is 0.815. The largest absolute Gasteiger partial charge is 0.361 e. The Hall–Kier alpha value is -0.750. The maximum absolute atomic E-state index is 3.84. The summed E-state index contributed by atoms with van der Waals surface area (Å²) in [6.45, 7) is 2.80. The second-order valence-corrected chi connectivity index (χ2v) is 1.44. The maximum atomic E-state index is 3.84. The molecule has 0 aliphatic carbocycles. The lowest BCUT2D eigenvalue weighted by Gasteiger charge is -1.91. The third-order valence-corrected chi connectivity index (χ3v) is 0.939. The molecule has 0 aromatic rings. The summed E-state index contributed by atoms with van der Waals surface area (Å²) in [5, 5.41) is 3.05. The fraction of sp³-hybridized carbons (Fsp3) is 0.600. The van der Waals surface area contributed by atoms with Crippen molar-refractivity contribution in [2.75, 3.05) is 6.67 Å². The first-order valence-corrected chi connectivity index (χ1v) is 2.45. The van der Waals surface area contributed by atoms with Crippen LogP contribution in [-0.4, -0.2) is 12.5 Å². The number of rotatable bonds is 1. The predicted molar refractivity (Wildman–Crippen MR) is 29.2 cm³/mol.